The largest absolute Gasteiger partial charge is 0.392 e. The number of likely N-dealkylation sites (N-methyl/N-ethyl adjacent to an activating group) is 1. The molecule has 3 rings (SSSR count). The Labute approximate surface area is 126 Å². The van der Waals surface area contributed by atoms with Crippen molar-refractivity contribution >= 4 is 11.8 Å². The van der Waals surface area contributed by atoms with E-state index in [9.17, 15) is 5.11 Å². The van der Waals surface area contributed by atoms with Crippen molar-refractivity contribution in [1.82, 2.24) is 9.80 Å². The monoisotopic (exact) mass is 292 g/mol. The Balaban J connectivity index is 1.60. The minimum absolute atomic E-state index is 0.145. The average molecular weight is 292 g/mol. The van der Waals surface area contributed by atoms with Gasteiger partial charge in [-0.3, -0.25) is 4.90 Å². The Morgan fingerprint density at radius 3 is 2.90 bits per heavy atom. The SMILES string of the molecule is CN(C)CC1CC(O)CN1CC1Cc2ccccc2S1. The van der Waals surface area contributed by atoms with Crippen molar-refractivity contribution in [2.75, 3.05) is 33.7 Å². The maximum absolute atomic E-state index is 9.96. The summed E-state index contributed by atoms with van der Waals surface area (Å²) >= 11 is 2.01. The lowest BCUT2D eigenvalue weighted by molar-refractivity contribution is 0.173. The van der Waals surface area contributed by atoms with E-state index in [0.29, 0.717) is 11.3 Å². The molecule has 110 valence electrons. The van der Waals surface area contributed by atoms with Gasteiger partial charge in [0.05, 0.1) is 6.10 Å². The zero-order valence-corrected chi connectivity index (χ0v) is 13.1. The third kappa shape index (κ3) is 3.19. The molecule has 20 heavy (non-hydrogen) atoms. The van der Waals surface area contributed by atoms with Gasteiger partial charge >= 0.3 is 0 Å². The number of aliphatic hydroxyl groups excluding tert-OH is 1. The van der Waals surface area contributed by atoms with Crippen LogP contribution in [0.2, 0.25) is 0 Å². The van der Waals surface area contributed by atoms with Gasteiger partial charge in [0.15, 0.2) is 0 Å². The molecule has 2 heterocycles. The summed E-state index contributed by atoms with van der Waals surface area (Å²) < 4.78 is 0. The molecule has 3 atom stereocenters. The van der Waals surface area contributed by atoms with Crippen molar-refractivity contribution in [1.29, 1.82) is 0 Å². The summed E-state index contributed by atoms with van der Waals surface area (Å²) in [7, 11) is 4.23. The highest BCUT2D eigenvalue weighted by molar-refractivity contribution is 8.00. The Kier molecular flexibility index (Phi) is 4.36. The number of likely N-dealkylation sites (tertiary alicyclic amines) is 1. The molecule has 0 aliphatic carbocycles. The molecular formula is C16H24N2OS. The predicted molar refractivity (Wildman–Crippen MR) is 84.3 cm³/mol. The number of nitrogens with zero attached hydrogens (tertiary/aromatic N) is 2. The van der Waals surface area contributed by atoms with E-state index in [0.717, 1.165) is 26.1 Å². The number of hydrogen-bond acceptors (Lipinski definition) is 4. The second kappa shape index (κ2) is 6.06. The number of aliphatic hydroxyl groups is 1. The number of benzene rings is 1. The fourth-order valence-electron chi connectivity index (χ4n) is 3.41. The number of fused-ring (bicyclic) bond motifs is 1. The van der Waals surface area contributed by atoms with Gasteiger partial charge in [-0.15, -0.1) is 11.8 Å². The summed E-state index contributed by atoms with van der Waals surface area (Å²) in [5.74, 6) is 0. The molecule has 3 unspecified atom stereocenters. The lowest BCUT2D eigenvalue weighted by Gasteiger charge is -2.28. The van der Waals surface area contributed by atoms with Gasteiger partial charge in [-0.25, -0.2) is 0 Å². The van der Waals surface area contributed by atoms with Crippen LogP contribution in [0, 0.1) is 0 Å². The van der Waals surface area contributed by atoms with E-state index in [-0.39, 0.29) is 6.10 Å². The first-order valence-electron chi connectivity index (χ1n) is 7.43. The zero-order chi connectivity index (χ0) is 14.1. The predicted octanol–water partition coefficient (Wildman–Crippen LogP) is 1.70. The minimum Gasteiger partial charge on any atom is -0.392 e. The van der Waals surface area contributed by atoms with Crippen molar-refractivity contribution in [3.8, 4) is 0 Å². The average Bonchev–Trinajstić information content (AvgIpc) is 2.92. The molecule has 0 bridgehead atoms. The van der Waals surface area contributed by atoms with E-state index in [4.69, 9.17) is 0 Å². The van der Waals surface area contributed by atoms with Crippen LogP contribution in [0.15, 0.2) is 29.2 Å². The Morgan fingerprint density at radius 2 is 2.15 bits per heavy atom. The third-order valence-corrected chi connectivity index (χ3v) is 5.53. The summed E-state index contributed by atoms with van der Waals surface area (Å²) in [5.41, 5.74) is 1.49. The van der Waals surface area contributed by atoms with Crippen LogP contribution < -0.4 is 0 Å². The molecule has 0 aromatic heterocycles. The van der Waals surface area contributed by atoms with Crippen LogP contribution in [0.25, 0.3) is 0 Å². The van der Waals surface area contributed by atoms with Gasteiger partial charge in [-0.2, -0.15) is 0 Å². The van der Waals surface area contributed by atoms with E-state index in [1.54, 1.807) is 0 Å². The molecule has 3 nitrogen and oxygen atoms in total. The number of rotatable bonds is 4. The summed E-state index contributed by atoms with van der Waals surface area (Å²) in [5, 5.41) is 10.6. The second-order valence-corrected chi connectivity index (χ2v) is 7.65. The second-order valence-electron chi connectivity index (χ2n) is 6.31. The first-order chi connectivity index (χ1) is 9.61. The molecule has 2 aliphatic rings. The summed E-state index contributed by atoms with van der Waals surface area (Å²) in [4.78, 5) is 6.17. The minimum atomic E-state index is -0.145. The Bertz CT molecular complexity index is 441. The van der Waals surface area contributed by atoms with E-state index in [1.807, 2.05) is 11.8 Å². The normalized spacial score (nSPS) is 30.1. The molecule has 1 aromatic rings. The Hall–Kier alpha value is -0.550. The van der Waals surface area contributed by atoms with Crippen LogP contribution in [0.5, 0.6) is 0 Å². The standard InChI is InChI=1S/C16H24N2OS/c1-17(2)9-13-8-14(19)10-18(13)11-15-7-12-5-3-4-6-16(12)20-15/h3-6,13-15,19H,7-11H2,1-2H3. The third-order valence-electron chi connectivity index (χ3n) is 4.23. The highest BCUT2D eigenvalue weighted by Gasteiger charge is 2.34. The lowest BCUT2D eigenvalue weighted by Crippen LogP contribution is -2.40. The molecule has 1 saturated heterocycles. The Morgan fingerprint density at radius 1 is 1.35 bits per heavy atom. The van der Waals surface area contributed by atoms with Crippen LogP contribution in [0.4, 0.5) is 0 Å². The van der Waals surface area contributed by atoms with E-state index in [2.05, 4.69) is 48.2 Å². The number of hydrogen-bond donors (Lipinski definition) is 1. The van der Waals surface area contributed by atoms with E-state index >= 15 is 0 Å². The van der Waals surface area contributed by atoms with Gasteiger partial charge in [-0.05, 0) is 38.6 Å². The van der Waals surface area contributed by atoms with E-state index < -0.39 is 0 Å². The van der Waals surface area contributed by atoms with Crippen LogP contribution in [0.3, 0.4) is 0 Å². The maximum atomic E-state index is 9.96. The molecule has 0 saturated carbocycles. The van der Waals surface area contributed by atoms with Crippen LogP contribution in [0.1, 0.15) is 12.0 Å². The number of β-amino-alcohol motifs (C(OH)–C–C–N with tert-alkyl or cyclic N) is 1. The van der Waals surface area contributed by atoms with Crippen LogP contribution in [-0.4, -0.2) is 66.0 Å². The highest BCUT2D eigenvalue weighted by Crippen LogP contribution is 2.37. The summed E-state index contributed by atoms with van der Waals surface area (Å²) in [6.07, 6.45) is 1.94. The molecule has 0 spiro atoms. The van der Waals surface area contributed by atoms with Crippen molar-refractivity contribution < 1.29 is 5.11 Å². The fourth-order valence-corrected chi connectivity index (χ4v) is 4.76. The zero-order valence-electron chi connectivity index (χ0n) is 12.3. The molecule has 0 radical (unpaired) electrons. The van der Waals surface area contributed by atoms with Crippen LogP contribution in [-0.2, 0) is 6.42 Å². The molecule has 1 N–H and O–H groups in total. The molecule has 0 amide bonds. The van der Waals surface area contributed by atoms with Crippen molar-refractivity contribution in [3.05, 3.63) is 29.8 Å². The topological polar surface area (TPSA) is 26.7 Å². The summed E-state index contributed by atoms with van der Waals surface area (Å²) in [6.45, 7) is 2.97. The van der Waals surface area contributed by atoms with Gasteiger partial charge < -0.3 is 10.0 Å². The van der Waals surface area contributed by atoms with Gasteiger partial charge in [0, 0.05) is 35.8 Å². The van der Waals surface area contributed by atoms with Crippen molar-refractivity contribution in [3.63, 3.8) is 0 Å². The van der Waals surface area contributed by atoms with Gasteiger partial charge in [-0.1, -0.05) is 18.2 Å². The molecule has 2 aliphatic heterocycles. The smallest absolute Gasteiger partial charge is 0.0682 e. The maximum Gasteiger partial charge on any atom is 0.0682 e. The van der Waals surface area contributed by atoms with E-state index in [1.165, 1.54) is 16.9 Å². The highest BCUT2D eigenvalue weighted by atomic mass is 32.2. The lowest BCUT2D eigenvalue weighted by atomic mass is 10.1. The molecule has 1 fully saturated rings. The number of thioether (sulfide) groups is 1. The molecule has 1 aromatic carbocycles. The van der Waals surface area contributed by atoms with Crippen molar-refractivity contribution in [2.24, 2.45) is 0 Å². The van der Waals surface area contributed by atoms with Crippen LogP contribution >= 0.6 is 11.8 Å². The van der Waals surface area contributed by atoms with Gasteiger partial charge in [0.1, 0.15) is 0 Å². The van der Waals surface area contributed by atoms with Gasteiger partial charge in [0.25, 0.3) is 0 Å². The fraction of sp³-hybridized carbons (Fsp3) is 0.625. The first kappa shape index (κ1) is 14.4. The molecular weight excluding hydrogens is 268 g/mol. The van der Waals surface area contributed by atoms with Crippen molar-refractivity contribution in [2.45, 2.75) is 35.1 Å². The first-order valence-corrected chi connectivity index (χ1v) is 8.31. The molecule has 4 heteroatoms. The van der Waals surface area contributed by atoms with Gasteiger partial charge in [0.2, 0.25) is 0 Å². The summed E-state index contributed by atoms with van der Waals surface area (Å²) in [6, 6.07) is 9.25. The quantitative estimate of drug-likeness (QED) is 0.914.